The van der Waals surface area contributed by atoms with Crippen LogP contribution < -0.4 is 5.06 Å². The number of thiazole rings is 1. The number of amides is 1. The minimum absolute atomic E-state index is 0.128. The predicted molar refractivity (Wildman–Crippen MR) is 108 cm³/mol. The Labute approximate surface area is 171 Å². The van der Waals surface area contributed by atoms with Crippen molar-refractivity contribution in [1.29, 1.82) is 0 Å². The molecule has 1 aliphatic heterocycles. The molecule has 0 saturated carbocycles. The molecule has 1 saturated heterocycles. The number of carbonyl (C=O) groups excluding carboxylic acids is 1. The molecule has 0 unspecified atom stereocenters. The van der Waals surface area contributed by atoms with Crippen molar-refractivity contribution >= 4 is 23.1 Å². The van der Waals surface area contributed by atoms with Crippen molar-refractivity contribution in [2.45, 2.75) is 13.8 Å². The average Bonchev–Trinajstić information content (AvgIpc) is 2.98. The quantitative estimate of drug-likeness (QED) is 0.656. The number of rotatable bonds is 3. The zero-order valence-electron chi connectivity index (χ0n) is 16.1. The Morgan fingerprint density at radius 3 is 2.76 bits per heavy atom. The maximum Gasteiger partial charge on any atom is 0.254 e. The highest BCUT2D eigenvalue weighted by Crippen LogP contribution is 2.28. The van der Waals surface area contributed by atoms with Gasteiger partial charge in [-0.1, -0.05) is 29.5 Å². The standard InChI is InChI=1S/C20H20FN5O2S/c1-13-11-18(24-14(2)23-13)26-8-7-25(9-10-28-26)20(27)16-6-4-3-5-15(16)19-22-12-17(21)29-19/h3-6,11-12H,7-10H2,1-2H3. The molecule has 4 rings (SSSR count). The highest BCUT2D eigenvalue weighted by atomic mass is 32.1. The van der Waals surface area contributed by atoms with Crippen LogP contribution in [-0.2, 0) is 4.84 Å². The second kappa shape index (κ2) is 8.22. The second-order valence-corrected chi connectivity index (χ2v) is 7.64. The van der Waals surface area contributed by atoms with E-state index < -0.39 is 0 Å². The molecular weight excluding hydrogens is 393 g/mol. The molecule has 0 radical (unpaired) electrons. The molecule has 7 nitrogen and oxygen atoms in total. The lowest BCUT2D eigenvalue weighted by molar-refractivity contribution is 0.0731. The number of aryl methyl sites for hydroxylation is 2. The summed E-state index contributed by atoms with van der Waals surface area (Å²) in [4.78, 5) is 33.6. The maximum absolute atomic E-state index is 13.4. The number of anilines is 1. The number of benzene rings is 1. The largest absolute Gasteiger partial charge is 0.334 e. The average molecular weight is 413 g/mol. The van der Waals surface area contributed by atoms with Crippen molar-refractivity contribution in [2.75, 3.05) is 31.3 Å². The van der Waals surface area contributed by atoms with Crippen LogP contribution in [-0.4, -0.2) is 52.0 Å². The molecule has 29 heavy (non-hydrogen) atoms. The Balaban J connectivity index is 1.54. The van der Waals surface area contributed by atoms with Crippen LogP contribution >= 0.6 is 11.3 Å². The third-order valence-corrected chi connectivity index (χ3v) is 5.36. The molecule has 1 fully saturated rings. The van der Waals surface area contributed by atoms with Gasteiger partial charge >= 0.3 is 0 Å². The highest BCUT2D eigenvalue weighted by Gasteiger charge is 2.24. The van der Waals surface area contributed by atoms with Gasteiger partial charge in [0.2, 0.25) is 0 Å². The van der Waals surface area contributed by atoms with E-state index in [0.717, 1.165) is 17.0 Å². The first-order valence-electron chi connectivity index (χ1n) is 9.24. The monoisotopic (exact) mass is 413 g/mol. The Kier molecular flexibility index (Phi) is 5.50. The van der Waals surface area contributed by atoms with E-state index in [1.54, 1.807) is 28.2 Å². The third kappa shape index (κ3) is 4.25. The van der Waals surface area contributed by atoms with Crippen molar-refractivity contribution in [2.24, 2.45) is 0 Å². The molecule has 3 aromatic rings. The predicted octanol–water partition coefficient (Wildman–Crippen LogP) is 3.25. The number of hydroxylamine groups is 1. The molecular formula is C20H20FN5O2S. The van der Waals surface area contributed by atoms with Crippen LogP contribution in [0.5, 0.6) is 0 Å². The smallest absolute Gasteiger partial charge is 0.254 e. The molecule has 9 heteroatoms. The van der Waals surface area contributed by atoms with Crippen LogP contribution in [0.4, 0.5) is 10.2 Å². The summed E-state index contributed by atoms with van der Waals surface area (Å²) >= 11 is 0.928. The van der Waals surface area contributed by atoms with Gasteiger partial charge in [0.25, 0.3) is 5.91 Å². The van der Waals surface area contributed by atoms with E-state index in [4.69, 9.17) is 4.84 Å². The van der Waals surface area contributed by atoms with Gasteiger partial charge in [-0.3, -0.25) is 9.63 Å². The lowest BCUT2D eigenvalue weighted by Crippen LogP contribution is -2.35. The molecule has 1 aromatic carbocycles. The summed E-state index contributed by atoms with van der Waals surface area (Å²) in [6.45, 7) is 5.49. The van der Waals surface area contributed by atoms with Crippen molar-refractivity contribution in [3.63, 3.8) is 0 Å². The molecule has 0 N–H and O–H groups in total. The topological polar surface area (TPSA) is 71.5 Å². The second-order valence-electron chi connectivity index (χ2n) is 6.66. The van der Waals surface area contributed by atoms with Crippen molar-refractivity contribution in [1.82, 2.24) is 19.9 Å². The highest BCUT2D eigenvalue weighted by molar-refractivity contribution is 7.13. The Morgan fingerprint density at radius 2 is 2.00 bits per heavy atom. The molecule has 0 atom stereocenters. The first-order valence-corrected chi connectivity index (χ1v) is 10.1. The van der Waals surface area contributed by atoms with E-state index in [9.17, 15) is 9.18 Å². The lowest BCUT2D eigenvalue weighted by Gasteiger charge is -2.22. The number of nitrogens with zero attached hydrogens (tertiary/aromatic N) is 5. The summed E-state index contributed by atoms with van der Waals surface area (Å²) in [5, 5.41) is 1.82. The van der Waals surface area contributed by atoms with E-state index in [1.807, 2.05) is 26.0 Å². The van der Waals surface area contributed by atoms with Crippen LogP contribution in [0, 0.1) is 19.0 Å². The fourth-order valence-electron chi connectivity index (χ4n) is 3.26. The van der Waals surface area contributed by atoms with E-state index in [1.165, 1.54) is 6.20 Å². The van der Waals surface area contributed by atoms with E-state index in [2.05, 4.69) is 15.0 Å². The normalized spacial score (nSPS) is 14.7. The third-order valence-electron chi connectivity index (χ3n) is 4.54. The first-order chi connectivity index (χ1) is 14.0. The van der Waals surface area contributed by atoms with Gasteiger partial charge in [0.05, 0.1) is 19.3 Å². The van der Waals surface area contributed by atoms with Crippen molar-refractivity contribution < 1.29 is 14.0 Å². The molecule has 0 aliphatic carbocycles. The van der Waals surface area contributed by atoms with Gasteiger partial charge in [-0.25, -0.2) is 20.0 Å². The van der Waals surface area contributed by atoms with Gasteiger partial charge < -0.3 is 4.90 Å². The maximum atomic E-state index is 13.4. The zero-order chi connectivity index (χ0) is 20.4. The van der Waals surface area contributed by atoms with Crippen LogP contribution in [0.25, 0.3) is 10.6 Å². The number of hydrogen-bond acceptors (Lipinski definition) is 7. The fourth-order valence-corrected chi connectivity index (χ4v) is 3.95. The summed E-state index contributed by atoms with van der Waals surface area (Å²) < 4.78 is 13.4. The Bertz CT molecular complexity index is 1020. The molecule has 0 spiro atoms. The Hall–Kier alpha value is -2.91. The van der Waals surface area contributed by atoms with E-state index in [-0.39, 0.29) is 11.0 Å². The first kappa shape index (κ1) is 19.4. The number of aromatic nitrogens is 3. The summed E-state index contributed by atoms with van der Waals surface area (Å²) in [6, 6.07) is 9.01. The van der Waals surface area contributed by atoms with Crippen LogP contribution in [0.15, 0.2) is 36.5 Å². The van der Waals surface area contributed by atoms with Gasteiger partial charge in [-0.05, 0) is 19.9 Å². The van der Waals surface area contributed by atoms with Crippen LogP contribution in [0.3, 0.4) is 0 Å². The van der Waals surface area contributed by atoms with E-state index in [0.29, 0.717) is 54.0 Å². The Morgan fingerprint density at radius 1 is 1.17 bits per heavy atom. The summed E-state index contributed by atoms with van der Waals surface area (Å²) in [7, 11) is 0. The SMILES string of the molecule is Cc1cc(N2CCN(C(=O)c3ccccc3-c3ncc(F)s3)CCO2)nc(C)n1. The minimum Gasteiger partial charge on any atom is -0.334 e. The van der Waals surface area contributed by atoms with Gasteiger partial charge in [-0.15, -0.1) is 0 Å². The van der Waals surface area contributed by atoms with Crippen molar-refractivity contribution in [3.05, 3.63) is 58.7 Å². The molecule has 1 aliphatic rings. The van der Waals surface area contributed by atoms with Crippen LogP contribution in [0.2, 0.25) is 0 Å². The van der Waals surface area contributed by atoms with Crippen molar-refractivity contribution in [3.8, 4) is 10.6 Å². The fraction of sp³-hybridized carbons (Fsp3) is 0.300. The summed E-state index contributed by atoms with van der Waals surface area (Å²) in [6.07, 6.45) is 1.17. The minimum atomic E-state index is -0.378. The van der Waals surface area contributed by atoms with Gasteiger partial charge in [0.15, 0.2) is 10.9 Å². The zero-order valence-corrected chi connectivity index (χ0v) is 16.9. The lowest BCUT2D eigenvalue weighted by atomic mass is 10.1. The number of carbonyl (C=O) groups is 1. The molecule has 1 amide bonds. The molecule has 0 bridgehead atoms. The van der Waals surface area contributed by atoms with Gasteiger partial charge in [-0.2, -0.15) is 4.39 Å². The molecule has 150 valence electrons. The summed E-state index contributed by atoms with van der Waals surface area (Å²) in [5.41, 5.74) is 2.00. The number of hydrogen-bond donors (Lipinski definition) is 0. The van der Waals surface area contributed by atoms with Gasteiger partial charge in [0, 0.05) is 36.0 Å². The van der Waals surface area contributed by atoms with E-state index >= 15 is 0 Å². The van der Waals surface area contributed by atoms with Gasteiger partial charge in [0.1, 0.15) is 10.8 Å². The molecule has 2 aromatic heterocycles. The summed E-state index contributed by atoms with van der Waals surface area (Å²) in [5.74, 6) is 1.23. The number of halogens is 1. The molecule has 3 heterocycles. The van der Waals surface area contributed by atoms with Crippen LogP contribution in [0.1, 0.15) is 21.9 Å².